The lowest BCUT2D eigenvalue weighted by atomic mass is 9.97. The van der Waals surface area contributed by atoms with E-state index in [1.165, 1.54) is 0 Å². The molecule has 0 saturated carbocycles. The van der Waals surface area contributed by atoms with Gasteiger partial charge in [0.25, 0.3) is 0 Å². The van der Waals surface area contributed by atoms with Gasteiger partial charge in [0.1, 0.15) is 5.82 Å². The normalized spacial score (nSPS) is 16.4. The van der Waals surface area contributed by atoms with Gasteiger partial charge in [0.15, 0.2) is 5.82 Å². The molecule has 4 rings (SSSR count). The molecule has 1 N–H and O–H groups in total. The van der Waals surface area contributed by atoms with Crippen LogP contribution in [-0.2, 0) is 11.3 Å². The second-order valence-electron chi connectivity index (χ2n) is 7.20. The van der Waals surface area contributed by atoms with Crippen LogP contribution in [0, 0.1) is 5.92 Å². The fourth-order valence-electron chi connectivity index (χ4n) is 3.62. The first kappa shape index (κ1) is 19.4. The molecule has 1 amide bonds. The first-order chi connectivity index (χ1) is 14.2. The standard InChI is InChI=1S/C23H23ClN4O/c24-20-11-5-4-9-18(20)15-26-23(29)19-10-6-14-28(16-19)21-12-13-25-22(27-21)17-7-2-1-3-8-17/h1-5,7-9,11-13,19H,6,10,14-16H2,(H,26,29). The average Bonchev–Trinajstić information content (AvgIpc) is 2.79. The largest absolute Gasteiger partial charge is 0.356 e. The number of rotatable bonds is 5. The van der Waals surface area contributed by atoms with Crippen molar-refractivity contribution < 1.29 is 4.79 Å². The summed E-state index contributed by atoms with van der Waals surface area (Å²) in [5.41, 5.74) is 1.92. The van der Waals surface area contributed by atoms with Gasteiger partial charge in [0.05, 0.1) is 5.92 Å². The molecule has 1 aromatic heterocycles. The summed E-state index contributed by atoms with van der Waals surface area (Å²) in [6, 6.07) is 19.4. The van der Waals surface area contributed by atoms with Gasteiger partial charge in [-0.25, -0.2) is 9.97 Å². The van der Waals surface area contributed by atoms with E-state index in [4.69, 9.17) is 16.6 Å². The molecule has 6 heteroatoms. The van der Waals surface area contributed by atoms with Crippen molar-refractivity contribution in [1.29, 1.82) is 0 Å². The van der Waals surface area contributed by atoms with E-state index >= 15 is 0 Å². The summed E-state index contributed by atoms with van der Waals surface area (Å²) in [6.07, 6.45) is 3.61. The molecule has 1 unspecified atom stereocenters. The molecule has 29 heavy (non-hydrogen) atoms. The van der Waals surface area contributed by atoms with Crippen LogP contribution in [0.5, 0.6) is 0 Å². The molecule has 1 saturated heterocycles. The highest BCUT2D eigenvalue weighted by Crippen LogP contribution is 2.24. The Labute approximate surface area is 175 Å². The zero-order valence-corrected chi connectivity index (χ0v) is 16.8. The van der Waals surface area contributed by atoms with Gasteiger partial charge in [-0.2, -0.15) is 0 Å². The minimum atomic E-state index is -0.0682. The van der Waals surface area contributed by atoms with Crippen LogP contribution in [0.15, 0.2) is 66.9 Å². The highest BCUT2D eigenvalue weighted by atomic mass is 35.5. The number of hydrogen-bond donors (Lipinski definition) is 1. The Morgan fingerprint density at radius 1 is 1.10 bits per heavy atom. The van der Waals surface area contributed by atoms with Crippen LogP contribution in [0.2, 0.25) is 5.02 Å². The number of carbonyl (C=O) groups is 1. The zero-order valence-electron chi connectivity index (χ0n) is 16.1. The number of halogens is 1. The van der Waals surface area contributed by atoms with Gasteiger partial charge in [-0.1, -0.05) is 60.1 Å². The maximum absolute atomic E-state index is 12.7. The van der Waals surface area contributed by atoms with Crippen molar-refractivity contribution >= 4 is 23.3 Å². The first-order valence-corrected chi connectivity index (χ1v) is 10.2. The minimum absolute atomic E-state index is 0.0620. The SMILES string of the molecule is O=C(NCc1ccccc1Cl)C1CCCN(c2ccnc(-c3ccccc3)n2)C1. The van der Waals surface area contributed by atoms with Crippen molar-refractivity contribution in [3.63, 3.8) is 0 Å². The summed E-state index contributed by atoms with van der Waals surface area (Å²) < 4.78 is 0. The van der Waals surface area contributed by atoms with Crippen LogP contribution in [0.1, 0.15) is 18.4 Å². The van der Waals surface area contributed by atoms with Gasteiger partial charge in [-0.05, 0) is 30.5 Å². The van der Waals surface area contributed by atoms with Crippen LogP contribution in [0.4, 0.5) is 5.82 Å². The minimum Gasteiger partial charge on any atom is -0.356 e. The fraction of sp³-hybridized carbons (Fsp3) is 0.261. The number of benzene rings is 2. The molecular weight excluding hydrogens is 384 g/mol. The molecular formula is C23H23ClN4O. The molecule has 1 fully saturated rings. The Morgan fingerprint density at radius 2 is 1.90 bits per heavy atom. The molecule has 1 atom stereocenters. The Balaban J connectivity index is 1.42. The van der Waals surface area contributed by atoms with Gasteiger partial charge in [0, 0.05) is 36.4 Å². The second-order valence-corrected chi connectivity index (χ2v) is 7.61. The van der Waals surface area contributed by atoms with Crippen LogP contribution in [-0.4, -0.2) is 29.0 Å². The van der Waals surface area contributed by atoms with Gasteiger partial charge in [-0.3, -0.25) is 4.79 Å². The molecule has 3 aromatic rings. The maximum Gasteiger partial charge on any atom is 0.225 e. The molecule has 1 aliphatic heterocycles. The quantitative estimate of drug-likeness (QED) is 0.685. The molecule has 2 aromatic carbocycles. The van der Waals surface area contributed by atoms with Gasteiger partial charge >= 0.3 is 0 Å². The summed E-state index contributed by atoms with van der Waals surface area (Å²) in [5.74, 6) is 1.56. The fourth-order valence-corrected chi connectivity index (χ4v) is 3.82. The smallest absolute Gasteiger partial charge is 0.225 e. The highest BCUT2D eigenvalue weighted by molar-refractivity contribution is 6.31. The number of aromatic nitrogens is 2. The van der Waals surface area contributed by atoms with Crippen molar-refractivity contribution in [2.75, 3.05) is 18.0 Å². The molecule has 0 bridgehead atoms. The number of anilines is 1. The number of nitrogens with zero attached hydrogens (tertiary/aromatic N) is 3. The third kappa shape index (κ3) is 4.74. The third-order valence-corrected chi connectivity index (χ3v) is 5.57. The Hall–Kier alpha value is -2.92. The van der Waals surface area contributed by atoms with Crippen molar-refractivity contribution in [2.24, 2.45) is 5.92 Å². The predicted molar refractivity (Wildman–Crippen MR) is 116 cm³/mol. The molecule has 2 heterocycles. The van der Waals surface area contributed by atoms with E-state index in [1.54, 1.807) is 6.20 Å². The van der Waals surface area contributed by atoms with Gasteiger partial charge < -0.3 is 10.2 Å². The van der Waals surface area contributed by atoms with Crippen molar-refractivity contribution in [3.05, 3.63) is 77.4 Å². The Morgan fingerprint density at radius 3 is 2.72 bits per heavy atom. The summed E-state index contributed by atoms with van der Waals surface area (Å²) in [4.78, 5) is 24.0. The molecule has 0 radical (unpaired) electrons. The van der Waals surface area contributed by atoms with E-state index < -0.39 is 0 Å². The van der Waals surface area contributed by atoms with Gasteiger partial charge in [-0.15, -0.1) is 0 Å². The number of amides is 1. The van der Waals surface area contributed by atoms with Crippen LogP contribution < -0.4 is 10.2 Å². The summed E-state index contributed by atoms with van der Waals surface area (Å²) in [7, 11) is 0. The third-order valence-electron chi connectivity index (χ3n) is 5.20. The number of piperidine rings is 1. The van der Waals surface area contributed by atoms with Crippen molar-refractivity contribution in [2.45, 2.75) is 19.4 Å². The topological polar surface area (TPSA) is 58.1 Å². The van der Waals surface area contributed by atoms with Crippen molar-refractivity contribution in [3.8, 4) is 11.4 Å². The second kappa shape index (κ2) is 9.05. The van der Waals surface area contributed by atoms with E-state index in [2.05, 4.69) is 15.2 Å². The molecule has 148 valence electrons. The van der Waals surface area contributed by atoms with E-state index in [0.717, 1.165) is 36.3 Å². The lowest BCUT2D eigenvalue weighted by Gasteiger charge is -2.33. The predicted octanol–water partition coefficient (Wildman–Crippen LogP) is 4.33. The summed E-state index contributed by atoms with van der Waals surface area (Å²) in [6.45, 7) is 1.99. The van der Waals surface area contributed by atoms with E-state index in [1.807, 2.05) is 60.7 Å². The number of nitrogens with one attached hydrogen (secondary N) is 1. The van der Waals surface area contributed by atoms with E-state index in [-0.39, 0.29) is 11.8 Å². The Bertz CT molecular complexity index is 979. The molecule has 0 spiro atoms. The van der Waals surface area contributed by atoms with Crippen LogP contribution in [0.3, 0.4) is 0 Å². The van der Waals surface area contributed by atoms with Crippen molar-refractivity contribution in [1.82, 2.24) is 15.3 Å². The monoisotopic (exact) mass is 406 g/mol. The Kier molecular flexibility index (Phi) is 6.06. The molecule has 1 aliphatic rings. The maximum atomic E-state index is 12.7. The number of carbonyl (C=O) groups excluding carboxylic acids is 1. The van der Waals surface area contributed by atoms with Crippen LogP contribution in [0.25, 0.3) is 11.4 Å². The van der Waals surface area contributed by atoms with Gasteiger partial charge in [0.2, 0.25) is 5.91 Å². The average molecular weight is 407 g/mol. The zero-order chi connectivity index (χ0) is 20.1. The first-order valence-electron chi connectivity index (χ1n) is 9.85. The molecule has 5 nitrogen and oxygen atoms in total. The number of hydrogen-bond acceptors (Lipinski definition) is 4. The summed E-state index contributed by atoms with van der Waals surface area (Å²) in [5, 5.41) is 3.71. The van der Waals surface area contributed by atoms with E-state index in [9.17, 15) is 4.79 Å². The lowest BCUT2D eigenvalue weighted by molar-refractivity contribution is -0.125. The summed E-state index contributed by atoms with van der Waals surface area (Å²) >= 11 is 6.19. The molecule has 0 aliphatic carbocycles. The lowest BCUT2D eigenvalue weighted by Crippen LogP contribution is -2.43. The highest BCUT2D eigenvalue weighted by Gasteiger charge is 2.26. The van der Waals surface area contributed by atoms with Crippen LogP contribution >= 0.6 is 11.6 Å². The van der Waals surface area contributed by atoms with E-state index in [0.29, 0.717) is 23.9 Å².